The molecule has 1 fully saturated rings. The highest BCUT2D eigenvalue weighted by Gasteiger charge is 2.23. The summed E-state index contributed by atoms with van der Waals surface area (Å²) in [5, 5.41) is 3.24. The third-order valence-corrected chi connectivity index (χ3v) is 5.78. The van der Waals surface area contributed by atoms with Crippen molar-refractivity contribution in [1.82, 2.24) is 10.0 Å². The minimum Gasteiger partial charge on any atom is -0.491 e. The van der Waals surface area contributed by atoms with Crippen LogP contribution in [-0.2, 0) is 14.8 Å². The lowest BCUT2D eigenvalue weighted by Gasteiger charge is -2.24. The molecule has 0 bridgehead atoms. The minimum absolute atomic E-state index is 0.00382. The maximum Gasteiger partial charge on any atom is 0.240 e. The van der Waals surface area contributed by atoms with E-state index in [4.69, 9.17) is 9.47 Å². The highest BCUT2D eigenvalue weighted by Crippen LogP contribution is 2.29. The zero-order valence-electron chi connectivity index (χ0n) is 15.4. The number of piperidine rings is 1. The van der Waals surface area contributed by atoms with Crippen molar-refractivity contribution in [3.63, 3.8) is 0 Å². The van der Waals surface area contributed by atoms with Crippen LogP contribution in [0.5, 0.6) is 5.75 Å². The van der Waals surface area contributed by atoms with Crippen LogP contribution in [-0.4, -0.2) is 47.4 Å². The Morgan fingerprint density at radius 2 is 1.96 bits per heavy atom. The topological polar surface area (TPSA) is 76.7 Å². The minimum atomic E-state index is -3.52. The summed E-state index contributed by atoms with van der Waals surface area (Å²) in [4.78, 5) is 0.298. The van der Waals surface area contributed by atoms with Crippen LogP contribution < -0.4 is 14.8 Å². The van der Waals surface area contributed by atoms with Crippen LogP contribution in [0.4, 0.5) is 0 Å². The molecule has 2 N–H and O–H groups in total. The Kier molecular flexibility index (Phi) is 7.68. The molecule has 6 nitrogen and oxygen atoms in total. The largest absolute Gasteiger partial charge is 0.491 e. The van der Waals surface area contributed by atoms with Crippen molar-refractivity contribution < 1.29 is 17.9 Å². The SMILES string of the molecule is CCOCCOc1ccc(S(=O)(=O)NC2CCNCC2)cc1C(C)C. The van der Waals surface area contributed by atoms with Crippen molar-refractivity contribution >= 4 is 10.0 Å². The van der Waals surface area contributed by atoms with E-state index in [2.05, 4.69) is 10.0 Å². The van der Waals surface area contributed by atoms with Crippen molar-refractivity contribution in [1.29, 1.82) is 0 Å². The Bertz CT molecular complexity index is 640. The van der Waals surface area contributed by atoms with Gasteiger partial charge in [-0.2, -0.15) is 0 Å². The molecule has 25 heavy (non-hydrogen) atoms. The number of hydrogen-bond acceptors (Lipinski definition) is 5. The molecule has 142 valence electrons. The Balaban J connectivity index is 2.13. The van der Waals surface area contributed by atoms with Gasteiger partial charge in [0.15, 0.2) is 0 Å². The lowest BCUT2D eigenvalue weighted by Crippen LogP contribution is -2.42. The molecule has 0 atom stereocenters. The van der Waals surface area contributed by atoms with Crippen LogP contribution in [0.2, 0.25) is 0 Å². The normalized spacial score (nSPS) is 16.3. The van der Waals surface area contributed by atoms with E-state index in [-0.39, 0.29) is 12.0 Å². The summed E-state index contributed by atoms with van der Waals surface area (Å²) in [5.41, 5.74) is 0.893. The van der Waals surface area contributed by atoms with Crippen molar-refractivity contribution in [3.05, 3.63) is 23.8 Å². The predicted octanol–water partition coefficient (Wildman–Crippen LogP) is 2.26. The summed E-state index contributed by atoms with van der Waals surface area (Å²) in [6, 6.07) is 5.09. The van der Waals surface area contributed by atoms with Crippen molar-refractivity contribution in [2.24, 2.45) is 0 Å². The maximum absolute atomic E-state index is 12.7. The second kappa shape index (κ2) is 9.52. The number of benzene rings is 1. The van der Waals surface area contributed by atoms with Gasteiger partial charge in [-0.25, -0.2) is 13.1 Å². The van der Waals surface area contributed by atoms with E-state index in [0.29, 0.717) is 24.7 Å². The number of rotatable bonds is 9. The van der Waals surface area contributed by atoms with E-state index in [9.17, 15) is 8.42 Å². The summed E-state index contributed by atoms with van der Waals surface area (Å²) < 4.78 is 39.3. The molecule has 1 saturated heterocycles. The smallest absolute Gasteiger partial charge is 0.240 e. The van der Waals surface area contributed by atoms with Gasteiger partial charge in [-0.1, -0.05) is 13.8 Å². The quantitative estimate of drug-likeness (QED) is 0.652. The first-order valence-electron chi connectivity index (χ1n) is 9.01. The zero-order valence-corrected chi connectivity index (χ0v) is 16.2. The molecular weight excluding hydrogens is 340 g/mol. The Morgan fingerprint density at radius 1 is 1.24 bits per heavy atom. The van der Waals surface area contributed by atoms with Gasteiger partial charge in [-0.15, -0.1) is 0 Å². The fourth-order valence-corrected chi connectivity index (χ4v) is 4.20. The van der Waals surface area contributed by atoms with E-state index in [1.54, 1.807) is 18.2 Å². The molecule has 1 aliphatic rings. The predicted molar refractivity (Wildman–Crippen MR) is 98.7 cm³/mol. The van der Waals surface area contributed by atoms with E-state index in [1.165, 1.54) is 0 Å². The summed E-state index contributed by atoms with van der Waals surface area (Å²) in [7, 11) is -3.52. The standard InChI is InChI=1S/C18H30N2O4S/c1-4-23-11-12-24-18-6-5-16(13-17(18)14(2)3)25(21,22)20-15-7-9-19-10-8-15/h5-6,13-15,19-20H,4,7-12H2,1-3H3. The van der Waals surface area contributed by atoms with Gasteiger partial charge >= 0.3 is 0 Å². The second-order valence-electron chi connectivity index (χ2n) is 6.55. The third kappa shape index (κ3) is 5.95. The molecule has 0 aromatic heterocycles. The van der Waals surface area contributed by atoms with Crippen molar-refractivity contribution in [2.75, 3.05) is 32.9 Å². The number of ether oxygens (including phenoxy) is 2. The first-order chi connectivity index (χ1) is 11.9. The van der Waals surface area contributed by atoms with Gasteiger partial charge in [0.1, 0.15) is 12.4 Å². The first kappa shape index (κ1) is 20.2. The van der Waals surface area contributed by atoms with Crippen LogP contribution in [0.1, 0.15) is 45.1 Å². The van der Waals surface area contributed by atoms with Gasteiger partial charge in [-0.05, 0) is 62.5 Å². The zero-order chi connectivity index (χ0) is 18.3. The van der Waals surface area contributed by atoms with E-state index < -0.39 is 10.0 Å². The first-order valence-corrected chi connectivity index (χ1v) is 10.5. The highest BCUT2D eigenvalue weighted by atomic mass is 32.2. The fraction of sp³-hybridized carbons (Fsp3) is 0.667. The van der Waals surface area contributed by atoms with Gasteiger partial charge in [0.25, 0.3) is 0 Å². The average Bonchev–Trinajstić information content (AvgIpc) is 2.59. The molecule has 7 heteroatoms. The van der Waals surface area contributed by atoms with Gasteiger partial charge in [-0.3, -0.25) is 0 Å². The third-order valence-electron chi connectivity index (χ3n) is 4.26. The molecule has 0 radical (unpaired) electrons. The monoisotopic (exact) mass is 370 g/mol. The maximum atomic E-state index is 12.7. The molecule has 1 aliphatic heterocycles. The molecule has 0 aliphatic carbocycles. The van der Waals surface area contributed by atoms with Gasteiger partial charge < -0.3 is 14.8 Å². The molecule has 2 rings (SSSR count). The Morgan fingerprint density at radius 3 is 2.60 bits per heavy atom. The summed E-state index contributed by atoms with van der Waals surface area (Å²) in [6.45, 7) is 9.31. The Hall–Kier alpha value is -1.15. The van der Waals surface area contributed by atoms with Crippen LogP contribution >= 0.6 is 0 Å². The molecule has 1 heterocycles. The average molecular weight is 371 g/mol. The van der Waals surface area contributed by atoms with Gasteiger partial charge in [0.05, 0.1) is 11.5 Å². The van der Waals surface area contributed by atoms with Crippen LogP contribution in [0.3, 0.4) is 0 Å². The Labute approximate surface area is 151 Å². The van der Waals surface area contributed by atoms with Crippen molar-refractivity contribution in [3.8, 4) is 5.75 Å². The molecule has 0 unspecified atom stereocenters. The molecule has 1 aromatic carbocycles. The lowest BCUT2D eigenvalue weighted by molar-refractivity contribution is 0.109. The molecule has 0 spiro atoms. The molecule has 1 aromatic rings. The summed E-state index contributed by atoms with van der Waals surface area (Å²) in [6.07, 6.45) is 1.63. The molecule has 0 amide bonds. The van der Waals surface area contributed by atoms with E-state index in [0.717, 1.165) is 37.2 Å². The van der Waals surface area contributed by atoms with Crippen molar-refractivity contribution in [2.45, 2.75) is 50.5 Å². The molecular formula is C18H30N2O4S. The fourth-order valence-electron chi connectivity index (χ4n) is 2.86. The van der Waals surface area contributed by atoms with Gasteiger partial charge in [0, 0.05) is 12.6 Å². The van der Waals surface area contributed by atoms with E-state index >= 15 is 0 Å². The molecule has 0 saturated carbocycles. The second-order valence-corrected chi connectivity index (χ2v) is 8.26. The van der Waals surface area contributed by atoms with Crippen LogP contribution in [0, 0.1) is 0 Å². The number of nitrogens with one attached hydrogen (secondary N) is 2. The summed E-state index contributed by atoms with van der Waals surface area (Å²) >= 11 is 0. The highest BCUT2D eigenvalue weighted by molar-refractivity contribution is 7.89. The van der Waals surface area contributed by atoms with Crippen LogP contribution in [0.15, 0.2) is 23.1 Å². The summed E-state index contributed by atoms with van der Waals surface area (Å²) in [5.74, 6) is 0.881. The lowest BCUT2D eigenvalue weighted by atomic mass is 10.0. The van der Waals surface area contributed by atoms with Crippen LogP contribution in [0.25, 0.3) is 0 Å². The number of sulfonamides is 1. The number of hydrogen-bond donors (Lipinski definition) is 2. The van der Waals surface area contributed by atoms with E-state index in [1.807, 2.05) is 20.8 Å². The van der Waals surface area contributed by atoms with Gasteiger partial charge in [0.2, 0.25) is 10.0 Å².